The van der Waals surface area contributed by atoms with Crippen LogP contribution in [0.25, 0.3) is 0 Å². The van der Waals surface area contributed by atoms with Gasteiger partial charge >= 0.3 is 6.18 Å². The summed E-state index contributed by atoms with van der Waals surface area (Å²) in [5.41, 5.74) is -2.04. The van der Waals surface area contributed by atoms with Crippen molar-refractivity contribution in [3.8, 4) is 0 Å². The van der Waals surface area contributed by atoms with Crippen LogP contribution in [-0.4, -0.2) is 35.4 Å². The topological polar surface area (TPSA) is 72.0 Å². The van der Waals surface area contributed by atoms with Gasteiger partial charge < -0.3 is 5.32 Å². The second-order valence-corrected chi connectivity index (χ2v) is 7.46. The van der Waals surface area contributed by atoms with E-state index < -0.39 is 32.5 Å². The van der Waals surface area contributed by atoms with Gasteiger partial charge in [-0.3, -0.25) is 0 Å². The van der Waals surface area contributed by atoms with Crippen molar-refractivity contribution in [2.45, 2.75) is 25.1 Å². The highest BCUT2D eigenvalue weighted by Crippen LogP contribution is 2.32. The number of anilines is 1. The van der Waals surface area contributed by atoms with Gasteiger partial charge in [0.25, 0.3) is 0 Å². The fourth-order valence-corrected chi connectivity index (χ4v) is 4.32. The molecule has 1 aromatic heterocycles. The van der Waals surface area contributed by atoms with Crippen molar-refractivity contribution in [3.63, 3.8) is 0 Å². The third-order valence-corrected chi connectivity index (χ3v) is 4.99. The van der Waals surface area contributed by atoms with Crippen LogP contribution < -0.4 is 5.32 Å². The maximum atomic E-state index is 12.6. The zero-order chi connectivity index (χ0) is 15.2. The summed E-state index contributed by atoms with van der Waals surface area (Å²) in [5, 5.41) is 2.16. The summed E-state index contributed by atoms with van der Waals surface area (Å²) in [4.78, 5) is 6.75. The Morgan fingerprint density at radius 3 is 2.55 bits per heavy atom. The van der Waals surface area contributed by atoms with Gasteiger partial charge in [-0.25, -0.2) is 18.4 Å². The number of rotatable bonds is 2. The second kappa shape index (κ2) is 4.73. The smallest absolute Gasteiger partial charge is 0.364 e. The fraction of sp³-hybridized carbons (Fsp3) is 0.600. The summed E-state index contributed by atoms with van der Waals surface area (Å²) in [6, 6.07) is 0.710. The molecule has 2 heterocycles. The highest BCUT2D eigenvalue weighted by Gasteiger charge is 2.39. The molecule has 1 aliphatic heterocycles. The lowest BCUT2D eigenvalue weighted by Gasteiger charge is -2.24. The molecule has 1 N–H and O–H groups in total. The normalized spacial score (nSPS) is 25.6. The molecular formula is C10H11ClF3N3O2S. The standard InChI is InChI=1S/C10H11ClF3N3O2S/c1-9(2-3-20(18,19)5-9)17-7-4-6(10(12,13)14)15-8(11)16-7/h4H,2-3,5H2,1H3,(H,15,16,17). The first-order valence-corrected chi connectivity index (χ1v) is 7.79. The van der Waals surface area contributed by atoms with E-state index in [1.807, 2.05) is 0 Å². The molecule has 1 saturated heterocycles. The largest absolute Gasteiger partial charge is 0.433 e. The Morgan fingerprint density at radius 2 is 2.05 bits per heavy atom. The first-order valence-electron chi connectivity index (χ1n) is 5.60. The summed E-state index contributed by atoms with van der Waals surface area (Å²) in [5.74, 6) is -0.318. The molecule has 1 atom stereocenters. The van der Waals surface area contributed by atoms with E-state index in [9.17, 15) is 21.6 Å². The van der Waals surface area contributed by atoms with Gasteiger partial charge in [0, 0.05) is 6.07 Å². The van der Waals surface area contributed by atoms with Crippen molar-refractivity contribution in [3.05, 3.63) is 17.0 Å². The van der Waals surface area contributed by atoms with Crippen LogP contribution >= 0.6 is 11.6 Å². The highest BCUT2D eigenvalue weighted by molar-refractivity contribution is 7.91. The summed E-state index contributed by atoms with van der Waals surface area (Å²) >= 11 is 5.46. The highest BCUT2D eigenvalue weighted by atomic mass is 35.5. The fourth-order valence-electron chi connectivity index (χ4n) is 2.05. The van der Waals surface area contributed by atoms with Gasteiger partial charge in [0.1, 0.15) is 5.82 Å². The van der Waals surface area contributed by atoms with E-state index in [4.69, 9.17) is 11.6 Å². The van der Waals surface area contributed by atoms with Gasteiger partial charge in [-0.15, -0.1) is 0 Å². The number of sulfone groups is 1. The van der Waals surface area contributed by atoms with Crippen LogP contribution in [0.3, 0.4) is 0 Å². The number of hydrogen-bond donors (Lipinski definition) is 1. The molecule has 0 aliphatic carbocycles. The third-order valence-electron chi connectivity index (χ3n) is 2.92. The lowest BCUT2D eigenvalue weighted by molar-refractivity contribution is -0.141. The molecule has 10 heteroatoms. The average Bonchev–Trinajstić information content (AvgIpc) is 2.50. The van der Waals surface area contributed by atoms with Crippen LogP contribution in [-0.2, 0) is 16.0 Å². The molecule has 1 aromatic rings. The van der Waals surface area contributed by atoms with E-state index in [1.54, 1.807) is 6.92 Å². The zero-order valence-corrected chi connectivity index (χ0v) is 11.9. The number of alkyl halides is 3. The molecule has 0 saturated carbocycles. The quantitative estimate of drug-likeness (QED) is 0.842. The van der Waals surface area contributed by atoms with Crippen LogP contribution in [0.15, 0.2) is 6.07 Å². The van der Waals surface area contributed by atoms with E-state index in [0.717, 1.165) is 0 Å². The van der Waals surface area contributed by atoms with Crippen molar-refractivity contribution in [1.29, 1.82) is 0 Å². The van der Waals surface area contributed by atoms with E-state index in [2.05, 4.69) is 15.3 Å². The van der Waals surface area contributed by atoms with Gasteiger partial charge in [-0.05, 0) is 24.9 Å². The lowest BCUT2D eigenvalue weighted by Crippen LogP contribution is -2.36. The summed E-state index contributed by atoms with van der Waals surface area (Å²) in [6.07, 6.45) is -4.36. The van der Waals surface area contributed by atoms with E-state index in [-0.39, 0.29) is 23.7 Å². The maximum absolute atomic E-state index is 12.6. The molecule has 0 spiro atoms. The summed E-state index contributed by atoms with van der Waals surface area (Å²) in [6.45, 7) is 1.61. The number of nitrogens with zero attached hydrogens (tertiary/aromatic N) is 2. The minimum Gasteiger partial charge on any atom is -0.364 e. The second-order valence-electron chi connectivity index (χ2n) is 4.93. The van der Waals surface area contributed by atoms with Crippen molar-refractivity contribution in [2.75, 3.05) is 16.8 Å². The van der Waals surface area contributed by atoms with Crippen molar-refractivity contribution in [2.24, 2.45) is 0 Å². The SMILES string of the molecule is CC1(Nc2cc(C(F)(F)F)nc(Cl)n2)CCS(=O)(=O)C1. The molecule has 0 radical (unpaired) electrons. The van der Waals surface area contributed by atoms with Crippen molar-refractivity contribution < 1.29 is 21.6 Å². The Balaban J connectivity index is 2.29. The molecule has 0 bridgehead atoms. The van der Waals surface area contributed by atoms with Crippen LogP contribution in [0.5, 0.6) is 0 Å². The van der Waals surface area contributed by atoms with Gasteiger partial charge in [-0.2, -0.15) is 13.2 Å². The third kappa shape index (κ3) is 3.51. The number of hydrogen-bond acceptors (Lipinski definition) is 5. The predicted octanol–water partition coefficient (Wildman–Crippen LogP) is 2.14. The van der Waals surface area contributed by atoms with E-state index >= 15 is 0 Å². The van der Waals surface area contributed by atoms with Crippen LogP contribution in [0.2, 0.25) is 5.28 Å². The van der Waals surface area contributed by atoms with Gasteiger partial charge in [0.2, 0.25) is 5.28 Å². The van der Waals surface area contributed by atoms with Gasteiger partial charge in [0.05, 0.1) is 17.0 Å². The predicted molar refractivity (Wildman–Crippen MR) is 67.3 cm³/mol. The van der Waals surface area contributed by atoms with Crippen LogP contribution in [0.1, 0.15) is 19.0 Å². The minimum absolute atomic E-state index is 0.0125. The Hall–Kier alpha value is -1.09. The average molecular weight is 330 g/mol. The molecule has 0 aromatic carbocycles. The van der Waals surface area contributed by atoms with Gasteiger partial charge in [0.15, 0.2) is 15.5 Å². The number of nitrogens with one attached hydrogen (secondary N) is 1. The first-order chi connectivity index (χ1) is 8.99. The monoisotopic (exact) mass is 329 g/mol. The lowest BCUT2D eigenvalue weighted by atomic mass is 10.0. The van der Waals surface area contributed by atoms with Crippen LogP contribution in [0, 0.1) is 0 Å². The van der Waals surface area contributed by atoms with Crippen molar-refractivity contribution in [1.82, 2.24) is 9.97 Å². The molecule has 1 unspecified atom stereocenters. The Kier molecular flexibility index (Phi) is 3.62. The zero-order valence-electron chi connectivity index (χ0n) is 10.3. The number of halogens is 4. The van der Waals surface area contributed by atoms with Crippen molar-refractivity contribution >= 4 is 27.3 Å². The molecule has 0 amide bonds. The van der Waals surface area contributed by atoms with Gasteiger partial charge in [-0.1, -0.05) is 0 Å². The molecule has 1 fully saturated rings. The molecule has 1 aliphatic rings. The Morgan fingerprint density at radius 1 is 1.40 bits per heavy atom. The summed E-state index contributed by atoms with van der Waals surface area (Å²) in [7, 11) is -3.18. The maximum Gasteiger partial charge on any atom is 0.433 e. The molecule has 112 valence electrons. The Labute approximate surface area is 118 Å². The minimum atomic E-state index is -4.65. The first kappa shape index (κ1) is 15.3. The van der Waals surface area contributed by atoms with E-state index in [0.29, 0.717) is 6.07 Å². The molecule has 20 heavy (non-hydrogen) atoms. The summed E-state index contributed by atoms with van der Waals surface area (Å²) < 4.78 is 60.7. The van der Waals surface area contributed by atoms with Crippen LogP contribution in [0.4, 0.5) is 19.0 Å². The number of aromatic nitrogens is 2. The molecule has 5 nitrogen and oxygen atoms in total. The molecular weight excluding hydrogens is 319 g/mol. The van der Waals surface area contributed by atoms with E-state index in [1.165, 1.54) is 0 Å². The Bertz CT molecular complexity index is 635. The molecule has 2 rings (SSSR count).